The zero-order valence-electron chi connectivity index (χ0n) is 10.2. The normalized spacial score (nSPS) is 12.4. The Labute approximate surface area is 134 Å². The van der Waals surface area contributed by atoms with E-state index in [2.05, 4.69) is 34.8 Å². The van der Waals surface area contributed by atoms with Crippen LogP contribution in [0.1, 0.15) is 35.7 Å². The molecule has 0 spiro atoms. The van der Waals surface area contributed by atoms with Crippen LogP contribution in [0.3, 0.4) is 0 Å². The van der Waals surface area contributed by atoms with Gasteiger partial charge in [-0.1, -0.05) is 64.6 Å². The molecule has 0 saturated carbocycles. The number of rotatable bonds is 2. The highest BCUT2D eigenvalue weighted by molar-refractivity contribution is 9.10. The summed E-state index contributed by atoms with van der Waals surface area (Å²) >= 11 is 20.5. The Morgan fingerprint density at radius 2 is 1.95 bits per heavy atom. The molecule has 1 N–H and O–H groups in total. The number of aromatic amines is 1. The number of benzene rings is 1. The Bertz CT molecular complexity index is 643. The number of nitrogens with one attached hydrogen (secondary N) is 1. The zero-order valence-corrected chi connectivity index (χ0v) is 14.1. The average Bonchev–Trinajstić information content (AvgIpc) is 2.68. The molecule has 1 aromatic heterocycles. The molecular weight excluding hydrogens is 372 g/mol. The molecule has 102 valence electrons. The van der Waals surface area contributed by atoms with Gasteiger partial charge >= 0.3 is 0 Å². The molecule has 0 amide bonds. The molecule has 0 atom stereocenters. The van der Waals surface area contributed by atoms with Crippen LogP contribution in [0.4, 0.5) is 0 Å². The van der Waals surface area contributed by atoms with Crippen LogP contribution >= 0.6 is 50.7 Å². The molecule has 0 aliphatic heterocycles. The SMILES string of the molecule is CC(C)c1cc(Br)cc2c(C(=O)C(Cl)(Cl)Cl)c[nH]c12. The van der Waals surface area contributed by atoms with E-state index in [9.17, 15) is 4.79 Å². The quantitative estimate of drug-likeness (QED) is 0.531. The molecular formula is C13H11BrCl3NO. The summed E-state index contributed by atoms with van der Waals surface area (Å²) in [5, 5.41) is 0.759. The summed E-state index contributed by atoms with van der Waals surface area (Å²) in [4.78, 5) is 15.2. The van der Waals surface area contributed by atoms with E-state index in [-0.39, 0.29) is 0 Å². The number of alkyl halides is 3. The van der Waals surface area contributed by atoms with Gasteiger partial charge in [0.2, 0.25) is 5.78 Å². The van der Waals surface area contributed by atoms with E-state index in [1.54, 1.807) is 6.20 Å². The minimum absolute atomic E-state index is 0.314. The molecule has 1 aromatic carbocycles. The van der Waals surface area contributed by atoms with Crippen LogP contribution < -0.4 is 0 Å². The number of halogens is 4. The molecule has 2 nitrogen and oxygen atoms in total. The van der Waals surface area contributed by atoms with Gasteiger partial charge in [-0.05, 0) is 23.6 Å². The highest BCUT2D eigenvalue weighted by Crippen LogP contribution is 2.36. The fraction of sp³-hybridized carbons (Fsp3) is 0.308. The largest absolute Gasteiger partial charge is 0.360 e. The summed E-state index contributed by atoms with van der Waals surface area (Å²) in [6, 6.07) is 3.87. The molecule has 0 aliphatic carbocycles. The molecule has 6 heteroatoms. The number of carbonyl (C=O) groups excluding carboxylic acids is 1. The number of carbonyl (C=O) groups is 1. The average molecular weight is 383 g/mol. The molecule has 2 aromatic rings. The number of hydrogen-bond donors (Lipinski definition) is 1. The van der Waals surface area contributed by atoms with Gasteiger partial charge in [0.25, 0.3) is 3.79 Å². The topological polar surface area (TPSA) is 32.9 Å². The summed E-state index contributed by atoms with van der Waals surface area (Å²) in [7, 11) is 0. The first kappa shape index (κ1) is 15.2. The monoisotopic (exact) mass is 381 g/mol. The summed E-state index contributed by atoms with van der Waals surface area (Å²) in [5.41, 5.74) is 2.39. The van der Waals surface area contributed by atoms with E-state index in [4.69, 9.17) is 34.8 Å². The Morgan fingerprint density at radius 1 is 1.32 bits per heavy atom. The summed E-state index contributed by atoms with van der Waals surface area (Å²) in [5.74, 6) is -0.217. The number of hydrogen-bond acceptors (Lipinski definition) is 1. The van der Waals surface area contributed by atoms with Crippen molar-refractivity contribution in [2.24, 2.45) is 0 Å². The number of H-pyrrole nitrogens is 1. The minimum Gasteiger partial charge on any atom is -0.360 e. The maximum atomic E-state index is 12.1. The first-order chi connectivity index (χ1) is 8.71. The second kappa shape index (κ2) is 5.28. The first-order valence-corrected chi connectivity index (χ1v) is 7.56. The van der Waals surface area contributed by atoms with E-state index < -0.39 is 9.58 Å². The number of Topliss-reactive ketones (excluding diaryl/α,β-unsaturated/α-hetero) is 1. The van der Waals surface area contributed by atoms with Crippen molar-refractivity contribution < 1.29 is 4.79 Å². The van der Waals surface area contributed by atoms with Crippen LogP contribution in [-0.4, -0.2) is 14.6 Å². The van der Waals surface area contributed by atoms with E-state index in [0.717, 1.165) is 20.9 Å². The van der Waals surface area contributed by atoms with E-state index in [1.807, 2.05) is 12.1 Å². The first-order valence-electron chi connectivity index (χ1n) is 5.64. The predicted molar refractivity (Wildman–Crippen MR) is 84.7 cm³/mol. The van der Waals surface area contributed by atoms with Crippen molar-refractivity contribution in [1.82, 2.24) is 4.98 Å². The van der Waals surface area contributed by atoms with Crippen molar-refractivity contribution in [2.75, 3.05) is 0 Å². The standard InChI is InChI=1S/C13H11BrCl3NO/c1-6(2)8-3-7(14)4-9-10(5-18-11(8)9)12(19)13(15,16)17/h3-6,18H,1-2H3. The van der Waals surface area contributed by atoms with Crippen molar-refractivity contribution in [1.29, 1.82) is 0 Å². The maximum Gasteiger partial charge on any atom is 0.253 e. The second-order valence-electron chi connectivity index (χ2n) is 4.60. The molecule has 0 radical (unpaired) electrons. The molecule has 19 heavy (non-hydrogen) atoms. The lowest BCUT2D eigenvalue weighted by Crippen LogP contribution is -2.18. The zero-order chi connectivity index (χ0) is 14.4. The van der Waals surface area contributed by atoms with E-state index >= 15 is 0 Å². The summed E-state index contributed by atoms with van der Waals surface area (Å²) in [6.07, 6.45) is 1.59. The maximum absolute atomic E-state index is 12.1. The van der Waals surface area contributed by atoms with Gasteiger partial charge in [-0.25, -0.2) is 0 Å². The summed E-state index contributed by atoms with van der Waals surface area (Å²) < 4.78 is -1.06. The molecule has 2 rings (SSSR count). The smallest absolute Gasteiger partial charge is 0.253 e. The van der Waals surface area contributed by atoms with Gasteiger partial charge in [0.05, 0.1) is 0 Å². The van der Waals surface area contributed by atoms with Gasteiger partial charge in [-0.15, -0.1) is 0 Å². The molecule has 0 aliphatic rings. The lowest BCUT2D eigenvalue weighted by atomic mass is 9.99. The van der Waals surface area contributed by atoms with Crippen LogP contribution in [0.25, 0.3) is 10.9 Å². The van der Waals surface area contributed by atoms with E-state index in [1.165, 1.54) is 0 Å². The third kappa shape index (κ3) is 2.94. The van der Waals surface area contributed by atoms with Crippen LogP contribution in [0.5, 0.6) is 0 Å². The van der Waals surface area contributed by atoms with Crippen LogP contribution in [0, 0.1) is 0 Å². The lowest BCUT2D eigenvalue weighted by Gasteiger charge is -2.10. The molecule has 0 fully saturated rings. The Hall–Kier alpha value is -0.220. The van der Waals surface area contributed by atoms with Crippen LogP contribution in [0.2, 0.25) is 0 Å². The predicted octanol–water partition coefficient (Wildman–Crippen LogP) is 5.61. The minimum atomic E-state index is -1.95. The van der Waals surface area contributed by atoms with Gasteiger partial charge in [-0.3, -0.25) is 4.79 Å². The van der Waals surface area contributed by atoms with Gasteiger partial charge in [-0.2, -0.15) is 0 Å². The fourth-order valence-electron chi connectivity index (χ4n) is 2.02. The summed E-state index contributed by atoms with van der Waals surface area (Å²) in [6.45, 7) is 4.16. The number of fused-ring (bicyclic) bond motifs is 1. The van der Waals surface area contributed by atoms with Crippen molar-refractivity contribution in [3.05, 3.63) is 33.9 Å². The van der Waals surface area contributed by atoms with Crippen molar-refractivity contribution in [3.63, 3.8) is 0 Å². The Morgan fingerprint density at radius 3 is 2.47 bits per heavy atom. The van der Waals surface area contributed by atoms with Crippen LogP contribution in [-0.2, 0) is 0 Å². The van der Waals surface area contributed by atoms with Gasteiger partial charge in [0.1, 0.15) is 0 Å². The van der Waals surface area contributed by atoms with Gasteiger partial charge in [0.15, 0.2) is 0 Å². The van der Waals surface area contributed by atoms with Gasteiger partial charge < -0.3 is 4.98 Å². The fourth-order valence-corrected chi connectivity index (χ4v) is 2.80. The van der Waals surface area contributed by atoms with Crippen molar-refractivity contribution in [3.8, 4) is 0 Å². The van der Waals surface area contributed by atoms with Crippen molar-refractivity contribution >= 4 is 67.4 Å². The van der Waals surface area contributed by atoms with Gasteiger partial charge in [0, 0.05) is 27.1 Å². The highest BCUT2D eigenvalue weighted by Gasteiger charge is 2.33. The molecule has 0 saturated heterocycles. The number of aromatic nitrogens is 1. The highest BCUT2D eigenvalue weighted by atomic mass is 79.9. The molecule has 0 bridgehead atoms. The molecule has 0 unspecified atom stereocenters. The third-order valence-electron chi connectivity index (χ3n) is 2.91. The van der Waals surface area contributed by atoms with Crippen LogP contribution in [0.15, 0.2) is 22.8 Å². The lowest BCUT2D eigenvalue weighted by molar-refractivity contribution is 0.0998. The van der Waals surface area contributed by atoms with Crippen molar-refractivity contribution in [2.45, 2.75) is 23.6 Å². The second-order valence-corrected chi connectivity index (χ2v) is 7.80. The van der Waals surface area contributed by atoms with E-state index in [0.29, 0.717) is 11.5 Å². The Kier molecular flexibility index (Phi) is 4.22. The Balaban J connectivity index is 2.70. The third-order valence-corrected chi connectivity index (χ3v) is 3.88. The number of ketones is 1. The molecule has 1 heterocycles.